The van der Waals surface area contributed by atoms with Crippen molar-refractivity contribution in [2.75, 3.05) is 5.32 Å². The lowest BCUT2D eigenvalue weighted by Crippen LogP contribution is -2.13. The third kappa shape index (κ3) is 2.46. The molecule has 3 nitrogen and oxygen atoms in total. The Morgan fingerprint density at radius 3 is 2.53 bits per heavy atom. The van der Waals surface area contributed by atoms with Gasteiger partial charge in [0.2, 0.25) is 0 Å². The number of aryl methyl sites for hydroxylation is 1. The molecule has 0 spiro atoms. The van der Waals surface area contributed by atoms with Crippen LogP contribution in [0.25, 0.3) is 0 Å². The number of halogens is 3. The molecule has 0 saturated carbocycles. The molecule has 7 heteroatoms. The predicted octanol–water partition coefficient (Wildman–Crippen LogP) is 3.50. The van der Waals surface area contributed by atoms with Crippen molar-refractivity contribution in [3.63, 3.8) is 0 Å². The van der Waals surface area contributed by atoms with Crippen molar-refractivity contribution in [2.45, 2.75) is 13.8 Å². The van der Waals surface area contributed by atoms with Crippen LogP contribution in [0.1, 0.15) is 16.9 Å². The largest absolute Gasteiger partial charge is 0.361 e. The zero-order chi connectivity index (χ0) is 14.2. The topological polar surface area (TPSA) is 38.1 Å². The van der Waals surface area contributed by atoms with Gasteiger partial charge in [-0.3, -0.25) is 0 Å². The van der Waals surface area contributed by atoms with Gasteiger partial charge in [-0.25, -0.2) is 13.2 Å². The van der Waals surface area contributed by atoms with Crippen LogP contribution in [0.15, 0.2) is 16.8 Å². The first-order valence-electron chi connectivity index (χ1n) is 5.28. The average molecular weight is 286 g/mol. The summed E-state index contributed by atoms with van der Waals surface area (Å²) in [7, 11) is 0. The van der Waals surface area contributed by atoms with Crippen LogP contribution >= 0.6 is 12.2 Å². The second-order valence-corrected chi connectivity index (χ2v) is 4.32. The normalized spacial score (nSPS) is 10.6. The molecule has 0 aliphatic carbocycles. The van der Waals surface area contributed by atoms with Crippen molar-refractivity contribution in [1.29, 1.82) is 0 Å². The molecule has 19 heavy (non-hydrogen) atoms. The van der Waals surface area contributed by atoms with Gasteiger partial charge in [0.25, 0.3) is 0 Å². The van der Waals surface area contributed by atoms with E-state index < -0.39 is 17.5 Å². The Labute approximate surface area is 112 Å². The maximum absolute atomic E-state index is 13.6. The molecular weight excluding hydrogens is 277 g/mol. The Balaban J connectivity index is 2.35. The molecule has 0 radical (unpaired) electrons. The van der Waals surface area contributed by atoms with Crippen LogP contribution < -0.4 is 5.32 Å². The van der Waals surface area contributed by atoms with Crippen molar-refractivity contribution in [2.24, 2.45) is 0 Å². The van der Waals surface area contributed by atoms with Crippen molar-refractivity contribution in [3.05, 3.63) is 46.6 Å². The van der Waals surface area contributed by atoms with Crippen LogP contribution in [0.3, 0.4) is 0 Å². The lowest BCUT2D eigenvalue weighted by atomic mass is 10.1. The number of nitrogens with zero attached hydrogens (tertiary/aromatic N) is 1. The third-order valence-corrected chi connectivity index (χ3v) is 2.95. The van der Waals surface area contributed by atoms with Gasteiger partial charge in [0.15, 0.2) is 11.6 Å². The van der Waals surface area contributed by atoms with Crippen molar-refractivity contribution in [1.82, 2.24) is 5.16 Å². The zero-order valence-electron chi connectivity index (χ0n) is 10.1. The summed E-state index contributed by atoms with van der Waals surface area (Å²) >= 11 is 5.00. The van der Waals surface area contributed by atoms with Crippen molar-refractivity contribution in [3.8, 4) is 0 Å². The van der Waals surface area contributed by atoms with Crippen molar-refractivity contribution < 1.29 is 17.7 Å². The first-order valence-corrected chi connectivity index (χ1v) is 5.69. The number of nitrogens with one attached hydrogen (secondary N) is 1. The van der Waals surface area contributed by atoms with Crippen LogP contribution in [0.4, 0.5) is 18.9 Å². The van der Waals surface area contributed by atoms with Gasteiger partial charge in [-0.2, -0.15) is 0 Å². The summed E-state index contributed by atoms with van der Waals surface area (Å²) in [5.41, 5.74) is -0.322. The number of hydrogen-bond donors (Lipinski definition) is 1. The summed E-state index contributed by atoms with van der Waals surface area (Å²) in [6, 6.07) is 0.850. The van der Waals surface area contributed by atoms with Crippen LogP contribution in [-0.4, -0.2) is 10.1 Å². The van der Waals surface area contributed by atoms with Gasteiger partial charge in [-0.15, -0.1) is 0 Å². The highest BCUT2D eigenvalue weighted by Crippen LogP contribution is 2.24. The quantitative estimate of drug-likeness (QED) is 0.677. The zero-order valence-corrected chi connectivity index (χ0v) is 10.9. The highest BCUT2D eigenvalue weighted by molar-refractivity contribution is 7.81. The van der Waals surface area contributed by atoms with E-state index in [9.17, 15) is 13.2 Å². The first-order chi connectivity index (χ1) is 8.91. The Morgan fingerprint density at radius 2 is 1.95 bits per heavy atom. The Morgan fingerprint density at radius 1 is 1.26 bits per heavy atom. The Bertz CT molecular complexity index is 655. The molecule has 1 aromatic carbocycles. The van der Waals surface area contributed by atoms with E-state index in [-0.39, 0.29) is 16.2 Å². The van der Waals surface area contributed by atoms with E-state index in [0.29, 0.717) is 11.3 Å². The van der Waals surface area contributed by atoms with E-state index in [4.69, 9.17) is 16.7 Å². The molecule has 0 aliphatic rings. The summed E-state index contributed by atoms with van der Waals surface area (Å²) in [6.07, 6.45) is 1.34. The molecule has 100 valence electrons. The van der Waals surface area contributed by atoms with Crippen molar-refractivity contribution >= 4 is 22.9 Å². The number of hydrogen-bond acceptors (Lipinski definition) is 3. The summed E-state index contributed by atoms with van der Waals surface area (Å²) < 4.78 is 45.2. The third-order valence-electron chi connectivity index (χ3n) is 2.63. The summed E-state index contributed by atoms with van der Waals surface area (Å²) in [4.78, 5) is 0.0697. The van der Waals surface area contributed by atoms with E-state index in [1.165, 1.54) is 6.20 Å². The van der Waals surface area contributed by atoms with Crippen LogP contribution in [0.2, 0.25) is 0 Å². The van der Waals surface area contributed by atoms with Gasteiger partial charge in [-0.1, -0.05) is 17.4 Å². The molecule has 0 aliphatic heterocycles. The highest BCUT2D eigenvalue weighted by Gasteiger charge is 2.18. The molecule has 1 aromatic heterocycles. The highest BCUT2D eigenvalue weighted by atomic mass is 32.1. The van der Waals surface area contributed by atoms with Crippen LogP contribution in [0.5, 0.6) is 0 Å². The molecule has 1 N–H and O–H groups in total. The fourth-order valence-electron chi connectivity index (χ4n) is 1.48. The molecule has 2 rings (SSSR count). The molecule has 0 unspecified atom stereocenters. The SMILES string of the molecule is Cc1oncc1C(=S)Nc1cc(F)c(C)c(F)c1F. The average Bonchev–Trinajstić information content (AvgIpc) is 2.79. The lowest BCUT2D eigenvalue weighted by molar-refractivity contribution is 0.397. The number of benzene rings is 1. The number of anilines is 1. The molecule has 1 heterocycles. The maximum atomic E-state index is 13.6. The van der Waals surface area contributed by atoms with Gasteiger partial charge < -0.3 is 9.84 Å². The molecule has 0 atom stereocenters. The van der Waals surface area contributed by atoms with E-state index in [1.807, 2.05) is 0 Å². The smallest absolute Gasteiger partial charge is 0.182 e. The van der Waals surface area contributed by atoms with Gasteiger partial charge in [0.1, 0.15) is 16.6 Å². The van der Waals surface area contributed by atoms with Gasteiger partial charge >= 0.3 is 0 Å². The molecule has 0 amide bonds. The second kappa shape index (κ2) is 5.00. The van der Waals surface area contributed by atoms with E-state index in [0.717, 1.165) is 13.0 Å². The monoisotopic (exact) mass is 286 g/mol. The molecule has 0 bridgehead atoms. The predicted molar refractivity (Wildman–Crippen MR) is 67.6 cm³/mol. The minimum atomic E-state index is -1.24. The van der Waals surface area contributed by atoms with E-state index in [1.54, 1.807) is 6.92 Å². The fourth-order valence-corrected chi connectivity index (χ4v) is 1.79. The first kappa shape index (κ1) is 13.5. The molecule has 2 aromatic rings. The second-order valence-electron chi connectivity index (χ2n) is 3.91. The summed E-state index contributed by atoms with van der Waals surface area (Å²) in [5, 5.41) is 5.95. The van der Waals surface area contributed by atoms with E-state index in [2.05, 4.69) is 10.5 Å². The summed E-state index contributed by atoms with van der Waals surface area (Å²) in [6.45, 7) is 2.77. The van der Waals surface area contributed by atoms with Crippen LogP contribution in [0, 0.1) is 31.3 Å². The number of aromatic nitrogens is 1. The summed E-state index contributed by atoms with van der Waals surface area (Å²) in [5.74, 6) is -2.86. The molecule has 0 fully saturated rings. The van der Waals surface area contributed by atoms with Crippen LogP contribution in [-0.2, 0) is 0 Å². The standard InChI is InChI=1S/C12H9F3N2OS/c1-5-8(13)3-9(11(15)10(5)14)17-12(19)7-4-16-18-6(7)2/h3-4H,1-2H3,(H,17,19). The molecule has 0 saturated heterocycles. The fraction of sp³-hybridized carbons (Fsp3) is 0.167. The maximum Gasteiger partial charge on any atom is 0.182 e. The Kier molecular flexibility index (Phi) is 3.57. The lowest BCUT2D eigenvalue weighted by Gasteiger charge is -2.10. The van der Waals surface area contributed by atoms with Gasteiger partial charge in [-0.05, 0) is 13.8 Å². The van der Waals surface area contributed by atoms with E-state index >= 15 is 0 Å². The van der Waals surface area contributed by atoms with Gasteiger partial charge in [0, 0.05) is 11.6 Å². The minimum absolute atomic E-state index is 0.0697. The van der Waals surface area contributed by atoms with Gasteiger partial charge in [0.05, 0.1) is 17.4 Å². The molecular formula is C12H9F3N2OS. The number of thiocarbonyl (C=S) groups is 1. The number of rotatable bonds is 2. The minimum Gasteiger partial charge on any atom is -0.361 e. The Hall–Kier alpha value is -1.89.